The summed E-state index contributed by atoms with van der Waals surface area (Å²) >= 11 is 0. The van der Waals surface area contributed by atoms with Crippen LogP contribution >= 0.6 is 0 Å². The molecule has 3 aromatic carbocycles. The number of aliphatic carboxylic acids is 1. The van der Waals surface area contributed by atoms with Gasteiger partial charge in [-0.3, -0.25) is 14.5 Å². The summed E-state index contributed by atoms with van der Waals surface area (Å²) in [5, 5.41) is 13.3. The van der Waals surface area contributed by atoms with E-state index in [1.165, 1.54) is 0 Å². The Bertz CT molecular complexity index is 993. The maximum Gasteiger partial charge on any atom is 0.321 e. The van der Waals surface area contributed by atoms with Gasteiger partial charge in [-0.25, -0.2) is 0 Å². The SMILES string of the molecule is CCCCNC(=O)C(c1ccccc1)N(Cc1ccccc1)[C@@H](Cc1ccccc1)C(=O)O. The van der Waals surface area contributed by atoms with Crippen LogP contribution in [-0.4, -0.2) is 34.5 Å². The van der Waals surface area contributed by atoms with E-state index >= 15 is 0 Å². The van der Waals surface area contributed by atoms with Crippen LogP contribution in [0.1, 0.15) is 42.5 Å². The molecule has 1 amide bonds. The van der Waals surface area contributed by atoms with E-state index in [1.54, 1.807) is 0 Å². The number of carbonyl (C=O) groups excluding carboxylic acids is 1. The van der Waals surface area contributed by atoms with Gasteiger partial charge in [0.15, 0.2) is 0 Å². The molecule has 33 heavy (non-hydrogen) atoms. The molecule has 3 aromatic rings. The maximum absolute atomic E-state index is 13.5. The number of carbonyl (C=O) groups is 2. The van der Waals surface area contributed by atoms with Crippen molar-refractivity contribution in [3.8, 4) is 0 Å². The van der Waals surface area contributed by atoms with E-state index < -0.39 is 18.1 Å². The van der Waals surface area contributed by atoms with E-state index in [2.05, 4.69) is 12.2 Å². The predicted molar refractivity (Wildman–Crippen MR) is 131 cm³/mol. The second-order valence-electron chi connectivity index (χ2n) is 8.16. The molecule has 0 fully saturated rings. The Hall–Kier alpha value is -3.44. The zero-order chi connectivity index (χ0) is 23.5. The molecule has 0 aliphatic heterocycles. The van der Waals surface area contributed by atoms with Crippen LogP contribution in [0.2, 0.25) is 0 Å². The summed E-state index contributed by atoms with van der Waals surface area (Å²) in [6, 6.07) is 27.1. The lowest BCUT2D eigenvalue weighted by Gasteiger charge is -2.36. The van der Waals surface area contributed by atoms with Crippen molar-refractivity contribution in [2.45, 2.75) is 44.8 Å². The average molecular weight is 445 g/mol. The lowest BCUT2D eigenvalue weighted by atomic mass is 9.97. The zero-order valence-corrected chi connectivity index (χ0v) is 19.1. The highest BCUT2D eigenvalue weighted by Gasteiger charge is 2.36. The number of hydrogen-bond acceptors (Lipinski definition) is 3. The predicted octanol–water partition coefficient (Wildman–Crippen LogP) is 4.84. The molecule has 2 atom stereocenters. The Labute approximate surface area is 196 Å². The minimum absolute atomic E-state index is 0.176. The van der Waals surface area contributed by atoms with Gasteiger partial charge in [-0.2, -0.15) is 0 Å². The van der Waals surface area contributed by atoms with Gasteiger partial charge in [-0.15, -0.1) is 0 Å². The van der Waals surface area contributed by atoms with E-state index in [1.807, 2.05) is 95.9 Å². The van der Waals surface area contributed by atoms with Crippen LogP contribution < -0.4 is 5.32 Å². The summed E-state index contributed by atoms with van der Waals surface area (Å²) in [6.07, 6.45) is 2.14. The molecule has 3 rings (SSSR count). The molecule has 0 radical (unpaired) electrons. The van der Waals surface area contributed by atoms with Crippen LogP contribution in [0.25, 0.3) is 0 Å². The first-order valence-corrected chi connectivity index (χ1v) is 11.5. The molecule has 0 saturated heterocycles. The van der Waals surface area contributed by atoms with E-state index in [-0.39, 0.29) is 5.91 Å². The van der Waals surface area contributed by atoms with Crippen LogP contribution in [-0.2, 0) is 22.6 Å². The topological polar surface area (TPSA) is 69.6 Å². The Morgan fingerprint density at radius 2 is 1.39 bits per heavy atom. The number of amides is 1. The summed E-state index contributed by atoms with van der Waals surface area (Å²) < 4.78 is 0. The molecule has 0 heterocycles. The Morgan fingerprint density at radius 3 is 1.94 bits per heavy atom. The highest BCUT2D eigenvalue weighted by molar-refractivity contribution is 5.84. The quantitative estimate of drug-likeness (QED) is 0.392. The fourth-order valence-corrected chi connectivity index (χ4v) is 3.97. The van der Waals surface area contributed by atoms with Crippen molar-refractivity contribution < 1.29 is 14.7 Å². The Balaban J connectivity index is 2.04. The number of carboxylic acid groups (broad SMARTS) is 1. The molecular formula is C28H32N2O3. The molecule has 0 saturated carbocycles. The van der Waals surface area contributed by atoms with Crippen LogP contribution in [0.5, 0.6) is 0 Å². The van der Waals surface area contributed by atoms with Gasteiger partial charge >= 0.3 is 5.97 Å². The molecule has 5 heteroatoms. The van der Waals surface area contributed by atoms with Gasteiger partial charge in [-0.05, 0) is 29.5 Å². The molecule has 172 valence electrons. The maximum atomic E-state index is 13.5. The molecular weight excluding hydrogens is 412 g/mol. The molecule has 0 aliphatic carbocycles. The number of carboxylic acids is 1. The lowest BCUT2D eigenvalue weighted by Crippen LogP contribution is -2.49. The van der Waals surface area contributed by atoms with Crippen molar-refractivity contribution in [1.82, 2.24) is 10.2 Å². The smallest absolute Gasteiger partial charge is 0.321 e. The minimum Gasteiger partial charge on any atom is -0.480 e. The van der Waals surface area contributed by atoms with Gasteiger partial charge in [0.25, 0.3) is 0 Å². The highest BCUT2D eigenvalue weighted by Crippen LogP contribution is 2.28. The second-order valence-corrected chi connectivity index (χ2v) is 8.16. The third-order valence-corrected chi connectivity index (χ3v) is 5.69. The van der Waals surface area contributed by atoms with Gasteiger partial charge in [0.2, 0.25) is 5.91 Å². The summed E-state index contributed by atoms with van der Waals surface area (Å²) in [6.45, 7) is 2.97. The fraction of sp³-hybridized carbons (Fsp3) is 0.286. The number of unbranched alkanes of at least 4 members (excludes halogenated alkanes) is 1. The first-order valence-electron chi connectivity index (χ1n) is 11.5. The van der Waals surface area contributed by atoms with Gasteiger partial charge in [0, 0.05) is 13.1 Å². The molecule has 0 spiro atoms. The summed E-state index contributed by atoms with van der Waals surface area (Å²) in [7, 11) is 0. The van der Waals surface area contributed by atoms with Gasteiger partial charge in [-0.1, -0.05) is 104 Å². The zero-order valence-electron chi connectivity index (χ0n) is 19.1. The molecule has 1 unspecified atom stereocenters. The van der Waals surface area contributed by atoms with Crippen LogP contribution in [0.4, 0.5) is 0 Å². The number of benzene rings is 3. The van der Waals surface area contributed by atoms with Crippen molar-refractivity contribution in [3.63, 3.8) is 0 Å². The molecule has 0 aromatic heterocycles. The van der Waals surface area contributed by atoms with Gasteiger partial charge in [0.1, 0.15) is 12.1 Å². The Kier molecular flexibility index (Phi) is 9.21. The summed E-state index contributed by atoms with van der Waals surface area (Å²) in [4.78, 5) is 27.9. The molecule has 0 aliphatic rings. The number of rotatable bonds is 12. The minimum atomic E-state index is -0.947. The number of hydrogen-bond donors (Lipinski definition) is 2. The summed E-state index contributed by atoms with van der Waals surface area (Å²) in [5.74, 6) is -1.12. The van der Waals surface area contributed by atoms with Crippen LogP contribution in [0, 0.1) is 0 Å². The fourth-order valence-electron chi connectivity index (χ4n) is 3.97. The average Bonchev–Trinajstić information content (AvgIpc) is 2.84. The molecule has 2 N–H and O–H groups in total. The van der Waals surface area contributed by atoms with Gasteiger partial charge < -0.3 is 10.4 Å². The van der Waals surface area contributed by atoms with Crippen molar-refractivity contribution in [2.24, 2.45) is 0 Å². The second kappa shape index (κ2) is 12.6. The largest absolute Gasteiger partial charge is 0.480 e. The first-order chi connectivity index (χ1) is 16.1. The van der Waals surface area contributed by atoms with Crippen molar-refractivity contribution >= 4 is 11.9 Å². The van der Waals surface area contributed by atoms with E-state index in [0.29, 0.717) is 19.5 Å². The number of nitrogens with one attached hydrogen (secondary N) is 1. The third kappa shape index (κ3) is 7.02. The van der Waals surface area contributed by atoms with Crippen molar-refractivity contribution in [2.75, 3.05) is 6.54 Å². The highest BCUT2D eigenvalue weighted by atomic mass is 16.4. The van der Waals surface area contributed by atoms with Crippen molar-refractivity contribution in [1.29, 1.82) is 0 Å². The van der Waals surface area contributed by atoms with E-state index in [0.717, 1.165) is 29.5 Å². The van der Waals surface area contributed by atoms with E-state index in [9.17, 15) is 14.7 Å². The van der Waals surface area contributed by atoms with Crippen LogP contribution in [0.15, 0.2) is 91.0 Å². The molecule has 0 bridgehead atoms. The van der Waals surface area contributed by atoms with Crippen molar-refractivity contribution in [3.05, 3.63) is 108 Å². The standard InChI is InChI=1S/C28H32N2O3/c1-2-3-19-29-27(31)26(24-17-11-6-12-18-24)30(21-23-15-9-5-10-16-23)25(28(32)33)20-22-13-7-4-8-14-22/h4-18,25-26H,2-3,19-21H2,1H3,(H,29,31)(H,32,33)/t25-,26?/m0/s1. The normalized spacial score (nSPS) is 12.8. The lowest BCUT2D eigenvalue weighted by molar-refractivity contribution is -0.146. The Morgan fingerprint density at radius 1 is 0.848 bits per heavy atom. The monoisotopic (exact) mass is 444 g/mol. The summed E-state index contributed by atoms with van der Waals surface area (Å²) in [5.41, 5.74) is 2.65. The third-order valence-electron chi connectivity index (χ3n) is 5.69. The van der Waals surface area contributed by atoms with Gasteiger partial charge in [0.05, 0.1) is 0 Å². The molecule has 5 nitrogen and oxygen atoms in total. The van der Waals surface area contributed by atoms with Crippen LogP contribution in [0.3, 0.4) is 0 Å². The van der Waals surface area contributed by atoms with E-state index in [4.69, 9.17) is 0 Å². The number of nitrogens with zero attached hydrogens (tertiary/aromatic N) is 1. The first kappa shape index (κ1) is 24.2.